The molecular formula is C13H25NO. The molecule has 0 bridgehead atoms. The van der Waals surface area contributed by atoms with Gasteiger partial charge in [0.15, 0.2) is 0 Å². The lowest BCUT2D eigenvalue weighted by molar-refractivity contribution is -0.138. The summed E-state index contributed by atoms with van der Waals surface area (Å²) in [5.74, 6) is 1.11. The maximum Gasteiger partial charge on any atom is 0.225 e. The molecule has 1 fully saturated rings. The van der Waals surface area contributed by atoms with Crippen LogP contribution in [-0.2, 0) is 4.79 Å². The maximum atomic E-state index is 11.9. The third-order valence-electron chi connectivity index (χ3n) is 3.93. The second kappa shape index (κ2) is 4.54. The molecular weight excluding hydrogens is 186 g/mol. The van der Waals surface area contributed by atoms with E-state index in [-0.39, 0.29) is 5.92 Å². The number of rotatable bonds is 2. The zero-order valence-corrected chi connectivity index (χ0v) is 10.8. The number of carbonyl (C=O) groups is 1. The topological polar surface area (TPSA) is 20.3 Å². The van der Waals surface area contributed by atoms with E-state index < -0.39 is 0 Å². The van der Waals surface area contributed by atoms with Crippen molar-refractivity contribution in [2.75, 3.05) is 13.1 Å². The summed E-state index contributed by atoms with van der Waals surface area (Å²) in [5.41, 5.74) is 0.322. The average molecular weight is 211 g/mol. The van der Waals surface area contributed by atoms with E-state index in [0.717, 1.165) is 19.5 Å². The molecule has 1 atom stereocenters. The molecule has 2 nitrogen and oxygen atoms in total. The van der Waals surface area contributed by atoms with Gasteiger partial charge in [0, 0.05) is 19.0 Å². The molecule has 1 amide bonds. The van der Waals surface area contributed by atoms with Gasteiger partial charge in [-0.3, -0.25) is 4.79 Å². The van der Waals surface area contributed by atoms with Crippen molar-refractivity contribution < 1.29 is 4.79 Å². The Balaban J connectivity index is 2.68. The number of nitrogens with zero attached hydrogens (tertiary/aromatic N) is 1. The first-order valence-electron chi connectivity index (χ1n) is 6.15. The van der Waals surface area contributed by atoms with Crippen LogP contribution in [0.5, 0.6) is 0 Å². The van der Waals surface area contributed by atoms with Crippen molar-refractivity contribution >= 4 is 5.91 Å². The first-order valence-corrected chi connectivity index (χ1v) is 6.15. The minimum Gasteiger partial charge on any atom is -0.342 e. The van der Waals surface area contributed by atoms with E-state index >= 15 is 0 Å². The van der Waals surface area contributed by atoms with E-state index in [4.69, 9.17) is 0 Å². The summed E-state index contributed by atoms with van der Waals surface area (Å²) in [7, 11) is 0. The van der Waals surface area contributed by atoms with Crippen LogP contribution in [0.1, 0.15) is 47.5 Å². The van der Waals surface area contributed by atoms with Crippen molar-refractivity contribution in [3.63, 3.8) is 0 Å². The molecule has 1 saturated heterocycles. The number of hydrogen-bond acceptors (Lipinski definition) is 1. The largest absolute Gasteiger partial charge is 0.342 e. The van der Waals surface area contributed by atoms with E-state index in [1.807, 2.05) is 13.8 Å². The fourth-order valence-corrected chi connectivity index (χ4v) is 2.29. The summed E-state index contributed by atoms with van der Waals surface area (Å²) < 4.78 is 0. The van der Waals surface area contributed by atoms with Gasteiger partial charge in [0.1, 0.15) is 0 Å². The molecule has 0 spiro atoms. The first kappa shape index (κ1) is 12.5. The number of likely N-dealkylation sites (tertiary alicyclic amines) is 1. The van der Waals surface area contributed by atoms with Crippen LogP contribution >= 0.6 is 0 Å². The van der Waals surface area contributed by atoms with Crippen molar-refractivity contribution in [1.29, 1.82) is 0 Å². The van der Waals surface area contributed by atoms with Gasteiger partial charge in [-0.1, -0.05) is 34.6 Å². The van der Waals surface area contributed by atoms with Crippen molar-refractivity contribution in [2.24, 2.45) is 17.3 Å². The monoisotopic (exact) mass is 211 g/mol. The van der Waals surface area contributed by atoms with Crippen molar-refractivity contribution in [2.45, 2.75) is 47.5 Å². The lowest BCUT2D eigenvalue weighted by Gasteiger charge is -2.43. The van der Waals surface area contributed by atoms with E-state index in [9.17, 15) is 4.79 Å². The standard InChI is InChI=1S/C13H25NO/c1-10(2)12(15)14-8-6-7-13(5,9-14)11(3)4/h10-11H,6-9H2,1-5H3/t13-/m1/s1. The average Bonchev–Trinajstić information content (AvgIpc) is 2.16. The van der Waals surface area contributed by atoms with Crippen LogP contribution in [0.4, 0.5) is 0 Å². The fourth-order valence-electron chi connectivity index (χ4n) is 2.29. The Bertz CT molecular complexity index is 235. The Morgan fingerprint density at radius 1 is 1.27 bits per heavy atom. The summed E-state index contributed by atoms with van der Waals surface area (Å²) >= 11 is 0. The molecule has 0 N–H and O–H groups in total. The molecule has 15 heavy (non-hydrogen) atoms. The molecule has 1 aliphatic rings. The normalized spacial score (nSPS) is 27.5. The molecule has 2 heteroatoms. The zero-order chi connectivity index (χ0) is 11.6. The van der Waals surface area contributed by atoms with Crippen molar-refractivity contribution in [1.82, 2.24) is 4.90 Å². The Kier molecular flexibility index (Phi) is 3.80. The first-order chi connectivity index (χ1) is 6.87. The highest BCUT2D eigenvalue weighted by molar-refractivity contribution is 5.78. The molecule has 0 aromatic carbocycles. The van der Waals surface area contributed by atoms with E-state index in [0.29, 0.717) is 17.2 Å². The van der Waals surface area contributed by atoms with Crippen LogP contribution < -0.4 is 0 Å². The third-order valence-corrected chi connectivity index (χ3v) is 3.93. The van der Waals surface area contributed by atoms with Gasteiger partial charge in [0.05, 0.1) is 0 Å². The Morgan fingerprint density at radius 3 is 2.33 bits per heavy atom. The maximum absolute atomic E-state index is 11.9. The van der Waals surface area contributed by atoms with Crippen molar-refractivity contribution in [3.05, 3.63) is 0 Å². The molecule has 1 aliphatic heterocycles. The predicted octanol–water partition coefficient (Wildman–Crippen LogP) is 2.93. The summed E-state index contributed by atoms with van der Waals surface area (Å²) in [4.78, 5) is 14.0. The van der Waals surface area contributed by atoms with Gasteiger partial charge in [-0.15, -0.1) is 0 Å². The molecule has 0 radical (unpaired) electrons. The van der Waals surface area contributed by atoms with E-state index in [1.165, 1.54) is 6.42 Å². The van der Waals surface area contributed by atoms with Gasteiger partial charge < -0.3 is 4.90 Å². The number of piperidine rings is 1. The minimum atomic E-state index is 0.138. The molecule has 1 heterocycles. The summed E-state index contributed by atoms with van der Waals surface area (Å²) in [6, 6.07) is 0. The highest BCUT2D eigenvalue weighted by Gasteiger charge is 2.35. The second-order valence-electron chi connectivity index (χ2n) is 5.83. The highest BCUT2D eigenvalue weighted by Crippen LogP contribution is 2.36. The van der Waals surface area contributed by atoms with Gasteiger partial charge in [-0.25, -0.2) is 0 Å². The Morgan fingerprint density at radius 2 is 1.87 bits per heavy atom. The SMILES string of the molecule is CC(C)C(=O)N1CCC[C@@](C)(C(C)C)C1. The molecule has 0 saturated carbocycles. The van der Waals surface area contributed by atoms with Gasteiger partial charge in [0.25, 0.3) is 0 Å². The van der Waals surface area contributed by atoms with Crippen LogP contribution in [0.3, 0.4) is 0 Å². The zero-order valence-electron chi connectivity index (χ0n) is 10.8. The Labute approximate surface area is 94.0 Å². The number of carbonyl (C=O) groups excluding carboxylic acids is 1. The summed E-state index contributed by atoms with van der Waals surface area (Å²) in [6.07, 6.45) is 2.42. The smallest absolute Gasteiger partial charge is 0.225 e. The molecule has 0 unspecified atom stereocenters. The van der Waals surface area contributed by atoms with Gasteiger partial charge in [-0.2, -0.15) is 0 Å². The van der Waals surface area contributed by atoms with Crippen LogP contribution in [0.15, 0.2) is 0 Å². The molecule has 0 aromatic heterocycles. The molecule has 0 aliphatic carbocycles. The molecule has 88 valence electrons. The lowest BCUT2D eigenvalue weighted by atomic mass is 9.73. The summed E-state index contributed by atoms with van der Waals surface area (Å²) in [5, 5.41) is 0. The van der Waals surface area contributed by atoms with Crippen molar-refractivity contribution in [3.8, 4) is 0 Å². The molecule has 0 aromatic rings. The van der Waals surface area contributed by atoms with Gasteiger partial charge in [0.2, 0.25) is 5.91 Å². The summed E-state index contributed by atoms with van der Waals surface area (Å²) in [6.45, 7) is 12.7. The van der Waals surface area contributed by atoms with Crippen LogP contribution in [0.25, 0.3) is 0 Å². The predicted molar refractivity (Wildman–Crippen MR) is 63.6 cm³/mol. The molecule has 1 rings (SSSR count). The minimum absolute atomic E-state index is 0.138. The van der Waals surface area contributed by atoms with Crippen LogP contribution in [0, 0.1) is 17.3 Å². The highest BCUT2D eigenvalue weighted by atomic mass is 16.2. The fraction of sp³-hybridized carbons (Fsp3) is 0.923. The van der Waals surface area contributed by atoms with Gasteiger partial charge in [-0.05, 0) is 24.2 Å². The second-order valence-corrected chi connectivity index (χ2v) is 5.83. The van der Waals surface area contributed by atoms with Gasteiger partial charge >= 0.3 is 0 Å². The van der Waals surface area contributed by atoms with E-state index in [2.05, 4.69) is 25.7 Å². The van der Waals surface area contributed by atoms with E-state index in [1.54, 1.807) is 0 Å². The Hall–Kier alpha value is -0.530. The number of hydrogen-bond donors (Lipinski definition) is 0. The number of amides is 1. The third kappa shape index (κ3) is 2.73. The lowest BCUT2D eigenvalue weighted by Crippen LogP contribution is -2.48. The quantitative estimate of drug-likeness (QED) is 0.687. The van der Waals surface area contributed by atoms with Crippen LogP contribution in [-0.4, -0.2) is 23.9 Å². The van der Waals surface area contributed by atoms with Crippen LogP contribution in [0.2, 0.25) is 0 Å².